The third-order valence-electron chi connectivity index (χ3n) is 5.72. The minimum absolute atomic E-state index is 0. The molecule has 0 unspecified atom stereocenters. The molecular formula is C30H26Br2N2. The van der Waals surface area contributed by atoms with Gasteiger partial charge in [-0.1, -0.05) is 78.9 Å². The van der Waals surface area contributed by atoms with Crippen LogP contribution >= 0.6 is 0 Å². The molecule has 0 N–H and O–H groups in total. The highest BCUT2D eigenvalue weighted by atomic mass is 79.9. The minimum Gasteiger partial charge on any atom is -1.00 e. The number of aromatic nitrogens is 2. The van der Waals surface area contributed by atoms with Crippen LogP contribution in [0.25, 0.3) is 22.3 Å². The highest BCUT2D eigenvalue weighted by Gasteiger charge is 2.08. The van der Waals surface area contributed by atoms with E-state index < -0.39 is 0 Å². The lowest BCUT2D eigenvalue weighted by Crippen LogP contribution is -3.00. The molecule has 4 heteroatoms. The molecule has 170 valence electrons. The van der Waals surface area contributed by atoms with E-state index in [4.69, 9.17) is 0 Å². The highest BCUT2D eigenvalue weighted by molar-refractivity contribution is 5.62. The van der Waals surface area contributed by atoms with E-state index in [1.807, 2.05) is 0 Å². The number of nitrogens with zero attached hydrogens (tertiary/aromatic N) is 2. The van der Waals surface area contributed by atoms with Crippen molar-refractivity contribution in [1.82, 2.24) is 0 Å². The summed E-state index contributed by atoms with van der Waals surface area (Å²) in [5.41, 5.74) is 7.59. The number of halogens is 2. The van der Waals surface area contributed by atoms with Crippen molar-refractivity contribution in [1.29, 1.82) is 0 Å². The number of benzene rings is 3. The summed E-state index contributed by atoms with van der Waals surface area (Å²) in [6, 6.07) is 38.6. The van der Waals surface area contributed by atoms with Crippen molar-refractivity contribution >= 4 is 0 Å². The molecule has 0 radical (unpaired) electrons. The predicted molar refractivity (Wildman–Crippen MR) is 129 cm³/mol. The second-order valence-electron chi connectivity index (χ2n) is 8.07. The zero-order valence-corrected chi connectivity index (χ0v) is 21.9. The second-order valence-corrected chi connectivity index (χ2v) is 8.07. The Morgan fingerprint density at radius 3 is 1.12 bits per heavy atom. The first-order valence-electron chi connectivity index (χ1n) is 11.0. The van der Waals surface area contributed by atoms with E-state index in [1.54, 1.807) is 0 Å². The van der Waals surface area contributed by atoms with Gasteiger partial charge in [0.05, 0.1) is 0 Å². The maximum Gasteiger partial charge on any atom is 0.173 e. The monoisotopic (exact) mass is 572 g/mol. The van der Waals surface area contributed by atoms with Crippen molar-refractivity contribution in [3.05, 3.63) is 145 Å². The molecule has 0 spiro atoms. The largest absolute Gasteiger partial charge is 1.00 e. The quantitative estimate of drug-likeness (QED) is 0.247. The van der Waals surface area contributed by atoms with Crippen LogP contribution in [0.2, 0.25) is 0 Å². The molecule has 2 nitrogen and oxygen atoms in total. The zero-order chi connectivity index (χ0) is 21.6. The Hall–Kier alpha value is -3.08. The average molecular weight is 574 g/mol. The normalized spacial score (nSPS) is 10.1. The minimum atomic E-state index is 0. The summed E-state index contributed by atoms with van der Waals surface area (Å²) >= 11 is 0. The highest BCUT2D eigenvalue weighted by Crippen LogP contribution is 2.18. The smallest absolute Gasteiger partial charge is 0.173 e. The number of hydrogen-bond donors (Lipinski definition) is 0. The van der Waals surface area contributed by atoms with Crippen LogP contribution in [0.15, 0.2) is 134 Å². The van der Waals surface area contributed by atoms with Crippen molar-refractivity contribution in [2.24, 2.45) is 0 Å². The van der Waals surface area contributed by atoms with E-state index in [2.05, 4.69) is 143 Å². The predicted octanol–water partition coefficient (Wildman–Crippen LogP) is -0.300. The SMILES string of the molecule is [Br-].[Br-].c1ccc(-c2cc[n+](Cc3cccc(C[n+]4ccc(-c5ccccc5)cc4)c3)cc2)cc1. The summed E-state index contributed by atoms with van der Waals surface area (Å²) in [4.78, 5) is 0. The van der Waals surface area contributed by atoms with Gasteiger partial charge in [0.15, 0.2) is 37.9 Å². The molecule has 0 aliphatic carbocycles. The fourth-order valence-electron chi connectivity index (χ4n) is 4.02. The second kappa shape index (κ2) is 12.4. The van der Waals surface area contributed by atoms with E-state index in [-0.39, 0.29) is 34.0 Å². The Kier molecular flexibility index (Phi) is 9.32. The number of rotatable bonds is 6. The van der Waals surface area contributed by atoms with Crippen LogP contribution in [0, 0.1) is 0 Å². The van der Waals surface area contributed by atoms with Gasteiger partial charge in [0.25, 0.3) is 0 Å². The number of pyridine rings is 2. The lowest BCUT2D eigenvalue weighted by atomic mass is 10.1. The van der Waals surface area contributed by atoms with Gasteiger partial charge in [-0.15, -0.1) is 0 Å². The van der Waals surface area contributed by atoms with Crippen LogP contribution in [-0.4, -0.2) is 0 Å². The summed E-state index contributed by atoms with van der Waals surface area (Å²) in [6.45, 7) is 1.72. The van der Waals surface area contributed by atoms with E-state index in [0.29, 0.717) is 0 Å². The van der Waals surface area contributed by atoms with E-state index in [0.717, 1.165) is 13.1 Å². The van der Waals surface area contributed by atoms with Crippen molar-refractivity contribution < 1.29 is 43.1 Å². The molecule has 0 saturated carbocycles. The zero-order valence-electron chi connectivity index (χ0n) is 18.8. The van der Waals surface area contributed by atoms with Gasteiger partial charge >= 0.3 is 0 Å². The Labute approximate surface area is 222 Å². The Morgan fingerprint density at radius 2 is 0.735 bits per heavy atom. The fraction of sp³-hybridized carbons (Fsp3) is 0.0667. The van der Waals surface area contributed by atoms with Gasteiger partial charge in [-0.3, -0.25) is 0 Å². The molecule has 0 saturated heterocycles. The van der Waals surface area contributed by atoms with E-state index in [1.165, 1.54) is 33.4 Å². The van der Waals surface area contributed by atoms with Crippen LogP contribution in [0.1, 0.15) is 11.1 Å². The molecule has 34 heavy (non-hydrogen) atoms. The van der Waals surface area contributed by atoms with E-state index in [9.17, 15) is 0 Å². The van der Waals surface area contributed by atoms with Crippen LogP contribution in [-0.2, 0) is 13.1 Å². The molecule has 0 aliphatic rings. The van der Waals surface area contributed by atoms with Gasteiger partial charge in [0.1, 0.15) is 0 Å². The van der Waals surface area contributed by atoms with Crippen LogP contribution in [0.3, 0.4) is 0 Å². The lowest BCUT2D eigenvalue weighted by Gasteiger charge is -2.04. The molecule has 0 fully saturated rings. The van der Waals surface area contributed by atoms with Gasteiger partial charge in [0, 0.05) is 35.4 Å². The average Bonchev–Trinajstić information content (AvgIpc) is 2.86. The van der Waals surface area contributed by atoms with Crippen molar-refractivity contribution in [2.75, 3.05) is 0 Å². The molecule has 0 amide bonds. The van der Waals surface area contributed by atoms with Crippen LogP contribution < -0.4 is 43.1 Å². The molecule has 3 aromatic carbocycles. The number of hydrogen-bond acceptors (Lipinski definition) is 0. The molecule has 5 aromatic rings. The Balaban J connectivity index is 0.00000162. The van der Waals surface area contributed by atoms with Gasteiger partial charge in [-0.05, 0) is 28.3 Å². The first-order valence-corrected chi connectivity index (χ1v) is 11.0. The first-order chi connectivity index (χ1) is 15.8. The van der Waals surface area contributed by atoms with Gasteiger partial charge < -0.3 is 34.0 Å². The molecule has 0 aliphatic heterocycles. The Bertz CT molecular complexity index is 1190. The molecule has 0 bridgehead atoms. The summed E-state index contributed by atoms with van der Waals surface area (Å²) in [6.07, 6.45) is 8.64. The molecule has 2 heterocycles. The summed E-state index contributed by atoms with van der Waals surface area (Å²) < 4.78 is 4.46. The summed E-state index contributed by atoms with van der Waals surface area (Å²) in [7, 11) is 0. The topological polar surface area (TPSA) is 7.76 Å². The lowest BCUT2D eigenvalue weighted by molar-refractivity contribution is -0.689. The first kappa shape index (κ1) is 25.5. The standard InChI is InChI=1S/C30H26N2.2BrH/c1-3-10-27(11-4-1)29-14-18-31(19-15-29)23-25-8-7-9-26(22-25)24-32-20-16-30(17-21-32)28-12-5-2-6-13-28;;/h1-22H,23-24H2;2*1H/q+2;;/p-2. The molecule has 2 aromatic heterocycles. The van der Waals surface area contributed by atoms with Gasteiger partial charge in [0.2, 0.25) is 0 Å². The summed E-state index contributed by atoms with van der Waals surface area (Å²) in [5.74, 6) is 0. The fourth-order valence-corrected chi connectivity index (χ4v) is 4.02. The third kappa shape index (κ3) is 6.49. The van der Waals surface area contributed by atoms with Crippen molar-refractivity contribution in [3.8, 4) is 22.3 Å². The molecule has 5 rings (SSSR count). The van der Waals surface area contributed by atoms with Crippen molar-refractivity contribution in [2.45, 2.75) is 13.1 Å². The van der Waals surface area contributed by atoms with Crippen LogP contribution in [0.4, 0.5) is 0 Å². The van der Waals surface area contributed by atoms with Crippen molar-refractivity contribution in [3.63, 3.8) is 0 Å². The summed E-state index contributed by atoms with van der Waals surface area (Å²) in [5, 5.41) is 0. The van der Waals surface area contributed by atoms with Crippen LogP contribution in [0.5, 0.6) is 0 Å². The maximum absolute atomic E-state index is 2.30. The maximum atomic E-state index is 2.30. The molecular weight excluding hydrogens is 548 g/mol. The Morgan fingerprint density at radius 1 is 0.382 bits per heavy atom. The third-order valence-corrected chi connectivity index (χ3v) is 5.72. The molecule has 0 atom stereocenters. The van der Waals surface area contributed by atoms with Gasteiger partial charge in [-0.2, -0.15) is 0 Å². The van der Waals surface area contributed by atoms with E-state index >= 15 is 0 Å². The van der Waals surface area contributed by atoms with Gasteiger partial charge in [-0.25, -0.2) is 9.13 Å².